The molecule has 0 fully saturated rings. The second-order valence-corrected chi connectivity index (χ2v) is 5.98. The maximum atomic E-state index is 7.70. The lowest BCUT2D eigenvalue weighted by Gasteiger charge is -2.10. The molecule has 0 atom stereocenters. The first-order valence-electron chi connectivity index (χ1n) is 6.61. The summed E-state index contributed by atoms with van der Waals surface area (Å²) in [6.45, 7) is 1.99. The largest absolute Gasteiger partial charge is 0.384 e. The van der Waals surface area contributed by atoms with Crippen LogP contribution in [0.1, 0.15) is 11.3 Å². The molecule has 0 spiro atoms. The van der Waals surface area contributed by atoms with E-state index in [2.05, 4.69) is 17.2 Å². The van der Waals surface area contributed by atoms with E-state index >= 15 is 0 Å². The summed E-state index contributed by atoms with van der Waals surface area (Å²) in [6, 6.07) is 14.0. The number of hydrogen-bond acceptors (Lipinski definition) is 3. The second-order valence-electron chi connectivity index (χ2n) is 4.92. The van der Waals surface area contributed by atoms with Crippen molar-refractivity contribution in [1.29, 1.82) is 5.41 Å². The van der Waals surface area contributed by atoms with E-state index in [1.807, 2.05) is 49.0 Å². The van der Waals surface area contributed by atoms with Crippen LogP contribution in [0.25, 0.3) is 10.8 Å². The van der Waals surface area contributed by atoms with Crippen molar-refractivity contribution in [3.63, 3.8) is 0 Å². The van der Waals surface area contributed by atoms with E-state index in [1.165, 1.54) is 0 Å². The predicted molar refractivity (Wildman–Crippen MR) is 87.0 cm³/mol. The number of aryl methyl sites for hydroxylation is 2. The van der Waals surface area contributed by atoms with E-state index in [1.54, 1.807) is 11.8 Å². The van der Waals surface area contributed by atoms with Gasteiger partial charge in [0.15, 0.2) is 0 Å². The van der Waals surface area contributed by atoms with E-state index in [4.69, 9.17) is 11.1 Å². The van der Waals surface area contributed by atoms with Crippen molar-refractivity contribution >= 4 is 28.4 Å². The van der Waals surface area contributed by atoms with Crippen LogP contribution in [0.2, 0.25) is 0 Å². The number of nitrogens with zero attached hydrogens (tertiary/aromatic N) is 2. The Bertz CT molecular complexity index is 835. The summed E-state index contributed by atoms with van der Waals surface area (Å²) in [5.74, 6) is 0.0964. The van der Waals surface area contributed by atoms with Crippen LogP contribution in [0.4, 0.5) is 0 Å². The molecular formula is C16H16N4S. The summed E-state index contributed by atoms with van der Waals surface area (Å²) in [5.41, 5.74) is 7.45. The SMILES string of the molecule is Cc1cc(Sc2ccc(C(=N)N)c3ccccc23)n(C)n1. The minimum Gasteiger partial charge on any atom is -0.384 e. The van der Waals surface area contributed by atoms with Crippen molar-refractivity contribution in [2.45, 2.75) is 16.8 Å². The number of benzene rings is 2. The van der Waals surface area contributed by atoms with Gasteiger partial charge in [0.25, 0.3) is 0 Å². The average molecular weight is 296 g/mol. The van der Waals surface area contributed by atoms with Gasteiger partial charge in [0.2, 0.25) is 0 Å². The number of rotatable bonds is 3. The quantitative estimate of drug-likeness (QED) is 0.575. The Balaban J connectivity index is 2.14. The fourth-order valence-electron chi connectivity index (χ4n) is 2.39. The van der Waals surface area contributed by atoms with Crippen LogP contribution in [-0.4, -0.2) is 15.6 Å². The number of fused-ring (bicyclic) bond motifs is 1. The number of aromatic nitrogens is 2. The molecule has 3 N–H and O–H groups in total. The highest BCUT2D eigenvalue weighted by molar-refractivity contribution is 7.99. The molecule has 3 rings (SSSR count). The topological polar surface area (TPSA) is 67.7 Å². The third-order valence-corrected chi connectivity index (χ3v) is 4.51. The fourth-order valence-corrected chi connectivity index (χ4v) is 3.44. The smallest absolute Gasteiger partial charge is 0.123 e. The van der Waals surface area contributed by atoms with Gasteiger partial charge in [0.05, 0.1) is 10.7 Å². The lowest BCUT2D eigenvalue weighted by molar-refractivity contribution is 0.692. The number of nitrogens with one attached hydrogen (secondary N) is 1. The molecule has 0 aliphatic heterocycles. The van der Waals surface area contributed by atoms with E-state index in [0.29, 0.717) is 0 Å². The molecule has 21 heavy (non-hydrogen) atoms. The van der Waals surface area contributed by atoms with E-state index in [9.17, 15) is 0 Å². The van der Waals surface area contributed by atoms with Crippen molar-refractivity contribution in [3.05, 3.63) is 53.7 Å². The number of nitrogens with two attached hydrogens (primary N) is 1. The molecule has 0 amide bonds. The number of nitrogen functional groups attached to an aromatic ring is 1. The van der Waals surface area contributed by atoms with Crippen LogP contribution >= 0.6 is 11.8 Å². The maximum Gasteiger partial charge on any atom is 0.123 e. The van der Waals surface area contributed by atoms with Crippen LogP contribution in [0, 0.1) is 12.3 Å². The Morgan fingerprint density at radius 3 is 2.52 bits per heavy atom. The van der Waals surface area contributed by atoms with Crippen LogP contribution in [-0.2, 0) is 7.05 Å². The van der Waals surface area contributed by atoms with E-state index in [0.717, 1.165) is 32.0 Å². The Hall–Kier alpha value is -2.27. The standard InChI is InChI=1S/C16H16N4S/c1-10-9-15(20(2)19-10)21-14-8-7-13(16(17)18)11-5-3-4-6-12(11)14/h3-9H,1-2H3,(H3,17,18). The predicted octanol–water partition coefficient (Wildman–Crippen LogP) is 3.32. The van der Waals surface area contributed by atoms with Gasteiger partial charge < -0.3 is 5.73 Å². The molecule has 1 heterocycles. The van der Waals surface area contributed by atoms with Crippen molar-refractivity contribution in [1.82, 2.24) is 9.78 Å². The van der Waals surface area contributed by atoms with Crippen LogP contribution in [0.3, 0.4) is 0 Å². The van der Waals surface area contributed by atoms with Gasteiger partial charge in [0.1, 0.15) is 5.84 Å². The van der Waals surface area contributed by atoms with E-state index < -0.39 is 0 Å². The molecule has 0 saturated heterocycles. The Kier molecular flexibility index (Phi) is 3.43. The normalized spacial score (nSPS) is 11.0. The minimum atomic E-state index is 0.0964. The summed E-state index contributed by atoms with van der Waals surface area (Å²) in [5, 5.41) is 15.3. The Labute approximate surface area is 127 Å². The highest BCUT2D eigenvalue weighted by Crippen LogP contribution is 2.34. The summed E-state index contributed by atoms with van der Waals surface area (Å²) in [6.07, 6.45) is 0. The third-order valence-electron chi connectivity index (χ3n) is 3.35. The molecule has 0 aliphatic carbocycles. The molecule has 3 aromatic rings. The van der Waals surface area contributed by atoms with Gasteiger partial charge in [-0.15, -0.1) is 0 Å². The Morgan fingerprint density at radius 2 is 1.90 bits per heavy atom. The Morgan fingerprint density at radius 1 is 1.19 bits per heavy atom. The molecule has 1 aromatic heterocycles. The van der Waals surface area contributed by atoms with Gasteiger partial charge in [-0.3, -0.25) is 10.1 Å². The van der Waals surface area contributed by atoms with Gasteiger partial charge in [-0.2, -0.15) is 5.10 Å². The van der Waals surface area contributed by atoms with Crippen LogP contribution in [0.5, 0.6) is 0 Å². The molecule has 0 bridgehead atoms. The van der Waals surface area contributed by atoms with Gasteiger partial charge in [0, 0.05) is 17.5 Å². The van der Waals surface area contributed by atoms with Gasteiger partial charge in [-0.25, -0.2) is 0 Å². The van der Waals surface area contributed by atoms with Gasteiger partial charge >= 0.3 is 0 Å². The first-order chi connectivity index (χ1) is 10.1. The molecule has 2 aromatic carbocycles. The molecule has 0 unspecified atom stereocenters. The summed E-state index contributed by atoms with van der Waals surface area (Å²) in [4.78, 5) is 1.14. The molecule has 5 heteroatoms. The molecular weight excluding hydrogens is 280 g/mol. The number of hydrogen-bond donors (Lipinski definition) is 2. The van der Waals surface area contributed by atoms with Crippen molar-refractivity contribution in [2.75, 3.05) is 0 Å². The lowest BCUT2D eigenvalue weighted by Crippen LogP contribution is -2.11. The zero-order valence-corrected chi connectivity index (χ0v) is 12.7. The summed E-state index contributed by atoms with van der Waals surface area (Å²) in [7, 11) is 1.95. The van der Waals surface area contributed by atoms with Crippen LogP contribution in [0.15, 0.2) is 52.4 Å². The highest BCUT2D eigenvalue weighted by Gasteiger charge is 2.11. The zero-order chi connectivity index (χ0) is 15.0. The molecule has 0 aliphatic rings. The molecule has 4 nitrogen and oxygen atoms in total. The highest BCUT2D eigenvalue weighted by atomic mass is 32.2. The summed E-state index contributed by atoms with van der Waals surface area (Å²) >= 11 is 1.67. The minimum absolute atomic E-state index is 0.0964. The van der Waals surface area contributed by atoms with Crippen molar-refractivity contribution in [2.24, 2.45) is 12.8 Å². The fraction of sp³-hybridized carbons (Fsp3) is 0.125. The molecule has 106 valence electrons. The van der Waals surface area contributed by atoms with E-state index in [-0.39, 0.29) is 5.84 Å². The van der Waals surface area contributed by atoms with Gasteiger partial charge in [-0.05, 0) is 35.9 Å². The van der Waals surface area contributed by atoms with Gasteiger partial charge in [-0.1, -0.05) is 36.0 Å². The second kappa shape index (κ2) is 5.26. The average Bonchev–Trinajstić information content (AvgIpc) is 2.77. The summed E-state index contributed by atoms with van der Waals surface area (Å²) < 4.78 is 1.88. The molecule has 0 saturated carbocycles. The molecule has 0 radical (unpaired) electrons. The maximum absolute atomic E-state index is 7.70. The first-order valence-corrected chi connectivity index (χ1v) is 7.42. The zero-order valence-electron chi connectivity index (χ0n) is 11.9. The number of amidine groups is 1. The van der Waals surface area contributed by atoms with Crippen LogP contribution < -0.4 is 5.73 Å². The third kappa shape index (κ3) is 2.52. The van der Waals surface area contributed by atoms with Crippen molar-refractivity contribution < 1.29 is 0 Å². The lowest BCUT2D eigenvalue weighted by atomic mass is 10.0. The van der Waals surface area contributed by atoms with Crippen molar-refractivity contribution in [3.8, 4) is 0 Å². The first kappa shape index (κ1) is 13.7. The monoisotopic (exact) mass is 296 g/mol.